The van der Waals surface area contributed by atoms with Crippen molar-refractivity contribution in [2.45, 2.75) is 12.5 Å². The Bertz CT molecular complexity index is 168. The zero-order valence-corrected chi connectivity index (χ0v) is 15.3. The van der Waals surface area contributed by atoms with Gasteiger partial charge in [0.2, 0.25) is 0 Å². The third-order valence-electron chi connectivity index (χ3n) is 2.42. The first-order valence-electron chi connectivity index (χ1n) is 5.98. The van der Waals surface area contributed by atoms with Gasteiger partial charge in [0.15, 0.2) is 0 Å². The van der Waals surface area contributed by atoms with Crippen molar-refractivity contribution in [3.63, 3.8) is 0 Å². The van der Waals surface area contributed by atoms with E-state index >= 15 is 0 Å². The Morgan fingerprint density at radius 2 is 1.26 bits per heavy atom. The van der Waals surface area contributed by atoms with Gasteiger partial charge in [0.25, 0.3) is 0 Å². The van der Waals surface area contributed by atoms with Crippen LogP contribution < -0.4 is 5.32 Å². The minimum atomic E-state index is -2.29. The van der Waals surface area contributed by atoms with Crippen LogP contribution in [0.5, 0.6) is 0 Å². The van der Waals surface area contributed by atoms with Crippen molar-refractivity contribution in [2.24, 2.45) is 0 Å². The third kappa shape index (κ3) is 10.6. The first-order chi connectivity index (χ1) is 9.09. The molecule has 0 fully saturated rings. The van der Waals surface area contributed by atoms with Crippen molar-refractivity contribution in [2.75, 3.05) is 56.3 Å². The topological polar surface area (TPSA) is 67.4 Å². The number of hydrogen-bond acceptors (Lipinski definition) is 7. The van der Waals surface area contributed by atoms with Crippen molar-refractivity contribution < 1.29 is 26.6 Å². The Morgan fingerprint density at radius 3 is 1.47 bits per heavy atom. The van der Waals surface area contributed by atoms with Crippen LogP contribution in [-0.4, -0.2) is 74.6 Å². The van der Waals surface area contributed by atoms with Crippen molar-refractivity contribution in [3.8, 4) is 0 Å². The molecule has 0 rings (SSSR count). The van der Waals surface area contributed by atoms with E-state index < -0.39 is 18.3 Å². The van der Waals surface area contributed by atoms with Crippen LogP contribution in [0.1, 0.15) is 6.42 Å². The first-order valence-corrected chi connectivity index (χ1v) is 9.32. The average Bonchev–Trinajstić information content (AvgIpc) is 2.47. The molecule has 118 valence electrons. The highest BCUT2D eigenvalue weighted by Gasteiger charge is 2.36. The Labute approximate surface area is 119 Å². The molecule has 0 heterocycles. The molecule has 0 radical (unpaired) electrons. The summed E-state index contributed by atoms with van der Waals surface area (Å²) in [5, 5.41) is 3.07. The molecule has 0 aromatic carbocycles. The summed E-state index contributed by atoms with van der Waals surface area (Å²) in [7, 11) is 7.59. The van der Waals surface area contributed by atoms with E-state index in [1.807, 2.05) is 7.05 Å². The van der Waals surface area contributed by atoms with E-state index in [1.54, 1.807) is 42.7 Å². The van der Waals surface area contributed by atoms with Crippen LogP contribution in [-0.2, 0) is 26.6 Å². The van der Waals surface area contributed by atoms with E-state index in [0.29, 0.717) is 0 Å². The van der Waals surface area contributed by atoms with Gasteiger partial charge < -0.3 is 31.9 Å². The number of rotatable bonds is 10. The lowest BCUT2D eigenvalue weighted by Crippen LogP contribution is -2.43. The predicted molar refractivity (Wildman–Crippen MR) is 78.3 cm³/mol. The molecule has 0 unspecified atom stereocenters. The summed E-state index contributed by atoms with van der Waals surface area (Å²) in [5.74, 6) is 0. The summed E-state index contributed by atoms with van der Waals surface area (Å²) >= 11 is 0. The molecule has 0 aliphatic carbocycles. The molecular formula is C10H29NO6Si2. The fraction of sp³-hybridized carbons (Fsp3) is 1.00. The van der Waals surface area contributed by atoms with Gasteiger partial charge in [0.1, 0.15) is 0 Å². The lowest BCUT2D eigenvalue weighted by Gasteiger charge is -2.24. The first kappa shape index (κ1) is 21.5. The fourth-order valence-electron chi connectivity index (χ4n) is 1.33. The number of hydrogen-bond donors (Lipinski definition) is 1. The Balaban J connectivity index is 0. The van der Waals surface area contributed by atoms with Gasteiger partial charge in [-0.25, -0.2) is 0 Å². The largest absolute Gasteiger partial charge is 0.500 e. The molecule has 0 amide bonds. The molecular weight excluding hydrogens is 286 g/mol. The Kier molecular flexibility index (Phi) is 16.4. The normalized spacial score (nSPS) is 11.4. The van der Waals surface area contributed by atoms with E-state index in [9.17, 15) is 0 Å². The lowest BCUT2D eigenvalue weighted by atomic mass is 10.5. The van der Waals surface area contributed by atoms with Crippen LogP contribution >= 0.6 is 0 Å². The Hall–Kier alpha value is 0.154. The summed E-state index contributed by atoms with van der Waals surface area (Å²) in [6.45, 7) is 0.963. The highest BCUT2D eigenvalue weighted by atomic mass is 28.4. The average molecular weight is 316 g/mol. The van der Waals surface area contributed by atoms with Crippen LogP contribution in [0.3, 0.4) is 0 Å². The molecule has 19 heavy (non-hydrogen) atoms. The molecule has 7 nitrogen and oxygen atoms in total. The Morgan fingerprint density at radius 1 is 0.842 bits per heavy atom. The molecule has 0 atom stereocenters. The summed E-state index contributed by atoms with van der Waals surface area (Å²) in [6.07, 6.45) is 1.01. The van der Waals surface area contributed by atoms with Gasteiger partial charge in [-0.1, -0.05) is 0 Å². The fourth-order valence-corrected chi connectivity index (χ4v) is 3.63. The van der Waals surface area contributed by atoms with Gasteiger partial charge in [0, 0.05) is 48.7 Å². The van der Waals surface area contributed by atoms with Crippen molar-refractivity contribution in [1.29, 1.82) is 0 Å². The summed E-state index contributed by atoms with van der Waals surface area (Å²) in [5.41, 5.74) is 0. The van der Waals surface area contributed by atoms with Crippen LogP contribution in [0.15, 0.2) is 0 Å². The molecule has 0 aromatic rings. The molecule has 9 heteroatoms. The minimum Gasteiger partial charge on any atom is -0.379 e. The van der Waals surface area contributed by atoms with Crippen LogP contribution in [0, 0.1) is 0 Å². The molecule has 0 bridgehead atoms. The van der Waals surface area contributed by atoms with E-state index in [0.717, 1.165) is 19.0 Å². The lowest BCUT2D eigenvalue weighted by molar-refractivity contribution is 0.123. The van der Waals surface area contributed by atoms with Crippen molar-refractivity contribution in [3.05, 3.63) is 0 Å². The predicted octanol–water partition coefficient (Wildman–Crippen LogP) is 0.117. The second kappa shape index (κ2) is 14.6. The van der Waals surface area contributed by atoms with E-state index in [2.05, 4.69) is 5.32 Å². The second-order valence-electron chi connectivity index (χ2n) is 3.50. The van der Waals surface area contributed by atoms with Gasteiger partial charge in [-0.15, -0.1) is 0 Å². The zero-order chi connectivity index (χ0) is 15.1. The molecule has 0 aliphatic heterocycles. The SMILES string of the molecule is CNCCC[Si](OC)(OC)OC.CO[SiH](OC)OC. The van der Waals surface area contributed by atoms with Gasteiger partial charge >= 0.3 is 18.3 Å². The quantitative estimate of drug-likeness (QED) is 0.453. The highest BCUT2D eigenvalue weighted by molar-refractivity contribution is 6.60. The molecule has 0 aromatic heterocycles. The summed E-state index contributed by atoms with van der Waals surface area (Å²) in [4.78, 5) is 0. The molecule has 1 N–H and O–H groups in total. The molecule has 0 saturated heterocycles. The smallest absolute Gasteiger partial charge is 0.379 e. The van der Waals surface area contributed by atoms with Crippen LogP contribution in [0.2, 0.25) is 6.04 Å². The van der Waals surface area contributed by atoms with Crippen LogP contribution in [0.25, 0.3) is 0 Å². The van der Waals surface area contributed by atoms with Gasteiger partial charge in [-0.05, 0) is 20.0 Å². The highest BCUT2D eigenvalue weighted by Crippen LogP contribution is 2.13. The molecule has 0 spiro atoms. The van der Waals surface area contributed by atoms with E-state index in [4.69, 9.17) is 26.6 Å². The van der Waals surface area contributed by atoms with E-state index in [1.165, 1.54) is 0 Å². The van der Waals surface area contributed by atoms with Crippen molar-refractivity contribution >= 4 is 18.3 Å². The second-order valence-corrected chi connectivity index (χ2v) is 8.58. The standard InChI is InChI=1S/C7H19NO3Si.C3H10O3Si/c1-8-6-5-7-12(9-2,10-3)11-4;1-4-7(5-2)6-3/h8H,5-7H2,1-4H3;7H,1-3H3. The van der Waals surface area contributed by atoms with Gasteiger partial charge in [-0.3, -0.25) is 0 Å². The number of nitrogens with one attached hydrogen (secondary N) is 1. The maximum absolute atomic E-state index is 5.25. The van der Waals surface area contributed by atoms with Gasteiger partial charge in [0.05, 0.1) is 0 Å². The summed E-state index contributed by atoms with van der Waals surface area (Å²) in [6, 6.07) is 0.858. The summed E-state index contributed by atoms with van der Waals surface area (Å²) < 4.78 is 30.0. The van der Waals surface area contributed by atoms with Crippen molar-refractivity contribution in [1.82, 2.24) is 5.32 Å². The maximum atomic E-state index is 5.25. The molecule has 0 aliphatic rings. The minimum absolute atomic E-state index is 0.858. The monoisotopic (exact) mass is 315 g/mol. The maximum Gasteiger partial charge on any atom is 0.500 e. The third-order valence-corrected chi connectivity index (χ3v) is 6.41. The van der Waals surface area contributed by atoms with Gasteiger partial charge in [-0.2, -0.15) is 0 Å². The zero-order valence-electron chi connectivity index (χ0n) is 13.1. The van der Waals surface area contributed by atoms with E-state index in [-0.39, 0.29) is 0 Å². The molecule has 0 saturated carbocycles. The van der Waals surface area contributed by atoms with Crippen LogP contribution in [0.4, 0.5) is 0 Å².